The van der Waals surface area contributed by atoms with Gasteiger partial charge in [-0.05, 0) is 18.8 Å². The molecule has 0 amide bonds. The van der Waals surface area contributed by atoms with Gasteiger partial charge < -0.3 is 5.11 Å². The molecule has 19 heavy (non-hydrogen) atoms. The van der Waals surface area contributed by atoms with Crippen LogP contribution in [0.15, 0.2) is 12.3 Å². The number of hydrogen-bond acceptors (Lipinski definition) is 1. The maximum Gasteiger partial charge on any atom is 0.0751 e. The number of aliphatic hydroxyl groups is 1. The highest BCUT2D eigenvalue weighted by atomic mass is 16.2. The zero-order chi connectivity index (χ0) is 14.2. The second-order valence-corrected chi connectivity index (χ2v) is 6.04. The second kappa shape index (κ2) is 15.6. The van der Waals surface area contributed by atoms with Crippen molar-refractivity contribution in [1.29, 1.82) is 0 Å². The Bertz CT molecular complexity index is 186. The lowest BCUT2D eigenvalue weighted by Gasteiger charge is -2.10. The standard InChI is InChI=1S/C18H36O/c1-3-4-5-6-9-12-15-18(2)16-13-10-7-8-11-14-17-19/h14,17-19H,3-13,15-16H2,1-2H3. The third-order valence-electron chi connectivity index (χ3n) is 3.97. The van der Waals surface area contributed by atoms with E-state index in [0.29, 0.717) is 0 Å². The molecule has 0 bridgehead atoms. The van der Waals surface area contributed by atoms with Crippen molar-refractivity contribution in [2.75, 3.05) is 0 Å². The Morgan fingerprint density at radius 1 is 0.789 bits per heavy atom. The first-order chi connectivity index (χ1) is 9.31. The minimum atomic E-state index is 0.920. The highest BCUT2D eigenvalue weighted by molar-refractivity contribution is 4.70. The Morgan fingerprint density at radius 2 is 1.32 bits per heavy atom. The molecule has 1 atom stereocenters. The van der Waals surface area contributed by atoms with Crippen molar-refractivity contribution >= 4 is 0 Å². The van der Waals surface area contributed by atoms with Crippen LogP contribution in [0.3, 0.4) is 0 Å². The maximum absolute atomic E-state index is 8.51. The summed E-state index contributed by atoms with van der Waals surface area (Å²) in [4.78, 5) is 0. The highest BCUT2D eigenvalue weighted by Gasteiger charge is 2.01. The number of rotatable bonds is 14. The Hall–Kier alpha value is -0.460. The van der Waals surface area contributed by atoms with Gasteiger partial charge in [0.1, 0.15) is 0 Å². The van der Waals surface area contributed by atoms with Crippen molar-refractivity contribution in [2.24, 2.45) is 5.92 Å². The van der Waals surface area contributed by atoms with Crippen LogP contribution >= 0.6 is 0 Å². The van der Waals surface area contributed by atoms with Crippen molar-refractivity contribution in [2.45, 2.75) is 97.3 Å². The summed E-state index contributed by atoms with van der Waals surface area (Å²) in [5.41, 5.74) is 0. The molecule has 0 heterocycles. The molecule has 1 unspecified atom stereocenters. The molecule has 0 aliphatic carbocycles. The molecule has 0 aliphatic rings. The van der Waals surface area contributed by atoms with E-state index < -0.39 is 0 Å². The summed E-state index contributed by atoms with van der Waals surface area (Å²) < 4.78 is 0. The summed E-state index contributed by atoms with van der Waals surface area (Å²) in [5, 5.41) is 8.51. The molecule has 0 aliphatic heterocycles. The van der Waals surface area contributed by atoms with Crippen molar-refractivity contribution in [3.05, 3.63) is 12.3 Å². The average molecular weight is 268 g/mol. The fourth-order valence-corrected chi connectivity index (χ4v) is 2.60. The molecule has 0 aromatic carbocycles. The molecule has 0 radical (unpaired) electrons. The lowest BCUT2D eigenvalue weighted by Crippen LogP contribution is -1.95. The predicted octanol–water partition coefficient (Wildman–Crippen LogP) is 6.79. The Morgan fingerprint density at radius 3 is 1.89 bits per heavy atom. The molecule has 0 saturated carbocycles. The number of hydrogen-bond donors (Lipinski definition) is 1. The molecule has 114 valence electrons. The van der Waals surface area contributed by atoms with E-state index in [9.17, 15) is 0 Å². The van der Waals surface area contributed by atoms with Crippen molar-refractivity contribution in [3.8, 4) is 0 Å². The molecular weight excluding hydrogens is 232 g/mol. The minimum absolute atomic E-state index is 0.920. The first-order valence-corrected chi connectivity index (χ1v) is 8.60. The van der Waals surface area contributed by atoms with Crippen molar-refractivity contribution in [1.82, 2.24) is 0 Å². The van der Waals surface area contributed by atoms with Gasteiger partial charge in [-0.25, -0.2) is 0 Å². The van der Waals surface area contributed by atoms with E-state index in [0.717, 1.165) is 12.3 Å². The quantitative estimate of drug-likeness (QED) is 0.272. The van der Waals surface area contributed by atoms with Gasteiger partial charge in [0.15, 0.2) is 0 Å². The minimum Gasteiger partial charge on any atom is -0.516 e. The van der Waals surface area contributed by atoms with Gasteiger partial charge in [0.2, 0.25) is 0 Å². The molecule has 1 heteroatoms. The smallest absolute Gasteiger partial charge is 0.0751 e. The summed E-state index contributed by atoms with van der Waals surface area (Å²) in [6, 6.07) is 0. The molecule has 0 spiro atoms. The summed E-state index contributed by atoms with van der Waals surface area (Å²) in [7, 11) is 0. The van der Waals surface area contributed by atoms with Crippen LogP contribution < -0.4 is 0 Å². The predicted molar refractivity (Wildman–Crippen MR) is 86.6 cm³/mol. The van der Waals surface area contributed by atoms with Crippen LogP contribution in [-0.2, 0) is 0 Å². The van der Waals surface area contributed by atoms with E-state index in [4.69, 9.17) is 5.11 Å². The first-order valence-electron chi connectivity index (χ1n) is 8.60. The Labute approximate surface area is 121 Å². The lowest BCUT2D eigenvalue weighted by molar-refractivity contribution is 0.432. The topological polar surface area (TPSA) is 20.2 Å². The fourth-order valence-electron chi connectivity index (χ4n) is 2.60. The van der Waals surface area contributed by atoms with Gasteiger partial charge in [0.05, 0.1) is 6.26 Å². The molecule has 1 nitrogen and oxygen atoms in total. The molecule has 1 N–H and O–H groups in total. The summed E-state index contributed by atoms with van der Waals surface area (Å²) in [5.74, 6) is 0.920. The molecule has 0 rings (SSSR count). The van der Waals surface area contributed by atoms with Crippen LogP contribution in [0.2, 0.25) is 0 Å². The van der Waals surface area contributed by atoms with Gasteiger partial charge in [-0.15, -0.1) is 0 Å². The van der Waals surface area contributed by atoms with E-state index in [-0.39, 0.29) is 0 Å². The zero-order valence-electron chi connectivity index (χ0n) is 13.4. The van der Waals surface area contributed by atoms with Gasteiger partial charge in [-0.1, -0.05) is 90.6 Å². The third-order valence-corrected chi connectivity index (χ3v) is 3.97. The SMILES string of the molecule is CCCCCCCCC(C)CCCCCCC=CO. The van der Waals surface area contributed by atoms with Gasteiger partial charge in [-0.3, -0.25) is 0 Å². The average Bonchev–Trinajstić information content (AvgIpc) is 2.41. The molecule has 0 saturated heterocycles. The number of aliphatic hydroxyl groups excluding tert-OH is 1. The van der Waals surface area contributed by atoms with Gasteiger partial charge in [-0.2, -0.15) is 0 Å². The van der Waals surface area contributed by atoms with Crippen LogP contribution in [0, 0.1) is 5.92 Å². The van der Waals surface area contributed by atoms with Crippen LogP contribution in [0.25, 0.3) is 0 Å². The monoisotopic (exact) mass is 268 g/mol. The van der Waals surface area contributed by atoms with E-state index in [1.54, 1.807) is 0 Å². The molecule has 0 fully saturated rings. The van der Waals surface area contributed by atoms with Crippen LogP contribution in [-0.4, -0.2) is 5.11 Å². The van der Waals surface area contributed by atoms with E-state index in [1.807, 2.05) is 6.08 Å². The summed E-state index contributed by atoms with van der Waals surface area (Å²) >= 11 is 0. The zero-order valence-corrected chi connectivity index (χ0v) is 13.4. The lowest BCUT2D eigenvalue weighted by atomic mass is 9.96. The molecule has 0 aromatic heterocycles. The number of unbranched alkanes of at least 4 members (excludes halogenated alkanes) is 9. The van der Waals surface area contributed by atoms with Gasteiger partial charge in [0.25, 0.3) is 0 Å². The second-order valence-electron chi connectivity index (χ2n) is 6.04. The van der Waals surface area contributed by atoms with Gasteiger partial charge >= 0.3 is 0 Å². The van der Waals surface area contributed by atoms with Gasteiger partial charge in [0, 0.05) is 0 Å². The normalized spacial score (nSPS) is 13.2. The summed E-state index contributed by atoms with van der Waals surface area (Å²) in [6.45, 7) is 4.70. The van der Waals surface area contributed by atoms with Crippen LogP contribution in [0.1, 0.15) is 97.3 Å². The van der Waals surface area contributed by atoms with Crippen LogP contribution in [0.5, 0.6) is 0 Å². The van der Waals surface area contributed by atoms with Crippen molar-refractivity contribution < 1.29 is 5.11 Å². The summed E-state index contributed by atoms with van der Waals surface area (Å²) in [6.07, 6.45) is 20.7. The highest BCUT2D eigenvalue weighted by Crippen LogP contribution is 2.18. The largest absolute Gasteiger partial charge is 0.516 e. The number of allylic oxidation sites excluding steroid dienone is 1. The van der Waals surface area contributed by atoms with Crippen LogP contribution in [0.4, 0.5) is 0 Å². The van der Waals surface area contributed by atoms with E-state index >= 15 is 0 Å². The Balaban J connectivity index is 3.14. The first kappa shape index (κ1) is 18.5. The molecular formula is C18H36O. The van der Waals surface area contributed by atoms with Crippen molar-refractivity contribution in [3.63, 3.8) is 0 Å². The Kier molecular flexibility index (Phi) is 15.2. The fraction of sp³-hybridized carbons (Fsp3) is 0.889. The van der Waals surface area contributed by atoms with E-state index in [2.05, 4.69) is 13.8 Å². The van der Waals surface area contributed by atoms with E-state index in [1.165, 1.54) is 83.3 Å². The maximum atomic E-state index is 8.51. The molecule has 0 aromatic rings. The third kappa shape index (κ3) is 15.5.